The molecule has 0 aromatic heterocycles. The van der Waals surface area contributed by atoms with Crippen molar-refractivity contribution in [2.45, 2.75) is 37.1 Å². The normalized spacial score (nSPS) is 19.9. The van der Waals surface area contributed by atoms with Crippen molar-refractivity contribution in [1.29, 1.82) is 0 Å². The molecule has 1 unspecified atom stereocenters. The first-order valence-corrected chi connectivity index (χ1v) is 11.5. The molecule has 1 heterocycles. The van der Waals surface area contributed by atoms with Crippen LogP contribution in [-0.2, 0) is 19.9 Å². The third-order valence-electron chi connectivity index (χ3n) is 4.20. The summed E-state index contributed by atoms with van der Waals surface area (Å²) in [6.45, 7) is 2.39. The lowest BCUT2D eigenvalue weighted by molar-refractivity contribution is 0.0941. The molecule has 1 aromatic carbocycles. The van der Waals surface area contributed by atoms with Gasteiger partial charge in [-0.25, -0.2) is 21.1 Å². The molecule has 1 aliphatic rings. The predicted octanol–water partition coefficient (Wildman–Crippen LogP) is 1.02. The monoisotopic (exact) mass is 388 g/mol. The molecule has 1 amide bonds. The van der Waals surface area contributed by atoms with Crippen molar-refractivity contribution in [2.24, 2.45) is 0 Å². The van der Waals surface area contributed by atoms with Crippen LogP contribution in [0, 0.1) is 0 Å². The molecule has 1 aromatic rings. The Morgan fingerprint density at radius 1 is 1.36 bits per heavy atom. The van der Waals surface area contributed by atoms with Crippen LogP contribution in [0.15, 0.2) is 29.2 Å². The van der Waals surface area contributed by atoms with Gasteiger partial charge in [0, 0.05) is 25.2 Å². The summed E-state index contributed by atoms with van der Waals surface area (Å²) >= 11 is 0. The zero-order valence-electron chi connectivity index (χ0n) is 14.4. The number of nitrogens with one attached hydrogen (secondary N) is 1. The average molecular weight is 389 g/mol. The highest BCUT2D eigenvalue weighted by Crippen LogP contribution is 2.17. The van der Waals surface area contributed by atoms with Gasteiger partial charge >= 0.3 is 0 Å². The van der Waals surface area contributed by atoms with Crippen molar-refractivity contribution in [2.75, 3.05) is 25.1 Å². The molecular formula is C16H24N2O5S2. The van der Waals surface area contributed by atoms with Gasteiger partial charge in [-0.2, -0.15) is 0 Å². The molecule has 1 fully saturated rings. The van der Waals surface area contributed by atoms with E-state index in [0.29, 0.717) is 13.0 Å². The molecule has 2 rings (SSSR count). The number of sulfonamides is 1. The second kappa shape index (κ2) is 7.84. The lowest BCUT2D eigenvalue weighted by Gasteiger charge is -2.17. The maximum atomic E-state index is 12.6. The van der Waals surface area contributed by atoms with Gasteiger partial charge in [0.15, 0.2) is 9.84 Å². The zero-order valence-corrected chi connectivity index (χ0v) is 16.1. The van der Waals surface area contributed by atoms with Gasteiger partial charge in [0.25, 0.3) is 5.91 Å². The summed E-state index contributed by atoms with van der Waals surface area (Å²) in [4.78, 5) is 12.4. The van der Waals surface area contributed by atoms with Crippen LogP contribution < -0.4 is 5.32 Å². The molecular weight excluding hydrogens is 364 g/mol. The van der Waals surface area contributed by atoms with E-state index < -0.39 is 31.8 Å². The smallest absolute Gasteiger partial charge is 0.251 e. The summed E-state index contributed by atoms with van der Waals surface area (Å²) in [7, 11) is -5.23. The number of sulfone groups is 1. The molecule has 0 radical (unpaired) electrons. The van der Waals surface area contributed by atoms with Crippen LogP contribution in [0.4, 0.5) is 0 Å². The molecule has 0 bridgehead atoms. The Hall–Kier alpha value is -1.45. The van der Waals surface area contributed by atoms with Crippen molar-refractivity contribution in [1.82, 2.24) is 9.62 Å². The Kier molecular flexibility index (Phi) is 6.23. The highest BCUT2D eigenvalue weighted by Gasteiger charge is 2.29. The molecule has 1 atom stereocenters. The molecule has 25 heavy (non-hydrogen) atoms. The standard InChI is InChI=1S/C16H24N2O5S2/c1-3-4-9-18(2)25(22,23)15-7-5-6-13(11-15)16(19)17-14-8-10-24(20,21)12-14/h5-7,11,14H,3-4,8-10,12H2,1-2H3,(H,17,19). The fourth-order valence-corrected chi connectivity index (χ4v) is 5.59. The summed E-state index contributed by atoms with van der Waals surface area (Å²) in [5.74, 6) is -0.471. The molecule has 140 valence electrons. The van der Waals surface area contributed by atoms with Gasteiger partial charge in [0.2, 0.25) is 10.0 Å². The Labute approximate surface area is 149 Å². The van der Waals surface area contributed by atoms with Crippen LogP contribution in [-0.4, -0.2) is 58.2 Å². The van der Waals surface area contributed by atoms with Gasteiger partial charge in [0.05, 0.1) is 16.4 Å². The van der Waals surface area contributed by atoms with E-state index in [1.165, 1.54) is 35.6 Å². The van der Waals surface area contributed by atoms with E-state index in [2.05, 4.69) is 5.32 Å². The average Bonchev–Trinajstić information content (AvgIpc) is 2.91. The van der Waals surface area contributed by atoms with Gasteiger partial charge in [-0.1, -0.05) is 19.4 Å². The molecule has 0 aliphatic carbocycles. The van der Waals surface area contributed by atoms with E-state index in [9.17, 15) is 21.6 Å². The third-order valence-corrected chi connectivity index (χ3v) is 7.82. The van der Waals surface area contributed by atoms with E-state index in [1.807, 2.05) is 6.92 Å². The van der Waals surface area contributed by atoms with Crippen molar-refractivity contribution < 1.29 is 21.6 Å². The number of benzene rings is 1. The highest BCUT2D eigenvalue weighted by molar-refractivity contribution is 7.91. The lowest BCUT2D eigenvalue weighted by Crippen LogP contribution is -2.35. The van der Waals surface area contributed by atoms with Crippen LogP contribution in [0.2, 0.25) is 0 Å². The second-order valence-electron chi connectivity index (χ2n) is 6.28. The molecule has 1 N–H and O–H groups in total. The van der Waals surface area contributed by atoms with Crippen molar-refractivity contribution in [3.63, 3.8) is 0 Å². The van der Waals surface area contributed by atoms with E-state index in [1.54, 1.807) is 0 Å². The van der Waals surface area contributed by atoms with Gasteiger partial charge < -0.3 is 5.32 Å². The van der Waals surface area contributed by atoms with E-state index in [4.69, 9.17) is 0 Å². The summed E-state index contributed by atoms with van der Waals surface area (Å²) in [6, 6.07) is 5.39. The molecule has 0 spiro atoms. The molecule has 1 aliphatic heterocycles. The van der Waals surface area contributed by atoms with Gasteiger partial charge in [0.1, 0.15) is 0 Å². The minimum absolute atomic E-state index is 0.0535. The zero-order chi connectivity index (χ0) is 18.7. The van der Waals surface area contributed by atoms with E-state index in [-0.39, 0.29) is 22.0 Å². The number of carbonyl (C=O) groups is 1. The van der Waals surface area contributed by atoms with Crippen molar-refractivity contribution in [3.05, 3.63) is 29.8 Å². The Morgan fingerprint density at radius 3 is 2.68 bits per heavy atom. The Bertz CT molecular complexity index is 834. The van der Waals surface area contributed by atoms with Gasteiger partial charge in [-0.3, -0.25) is 4.79 Å². The number of amides is 1. The van der Waals surface area contributed by atoms with Crippen LogP contribution in [0.3, 0.4) is 0 Å². The number of rotatable bonds is 7. The quantitative estimate of drug-likeness (QED) is 0.752. The number of nitrogens with zero attached hydrogens (tertiary/aromatic N) is 1. The predicted molar refractivity (Wildman–Crippen MR) is 95.7 cm³/mol. The fraction of sp³-hybridized carbons (Fsp3) is 0.562. The first-order chi connectivity index (χ1) is 11.7. The first kappa shape index (κ1) is 19.9. The number of unbranched alkanes of at least 4 members (excludes halogenated alkanes) is 1. The van der Waals surface area contributed by atoms with E-state index >= 15 is 0 Å². The SMILES string of the molecule is CCCCN(C)S(=O)(=O)c1cccc(C(=O)NC2CCS(=O)(=O)C2)c1. The number of hydrogen-bond donors (Lipinski definition) is 1. The highest BCUT2D eigenvalue weighted by atomic mass is 32.2. The summed E-state index contributed by atoms with van der Waals surface area (Å²) in [6.07, 6.45) is 2.02. The number of carbonyl (C=O) groups excluding carboxylic acids is 1. The van der Waals surface area contributed by atoms with Gasteiger partial charge in [-0.05, 0) is 31.0 Å². The molecule has 9 heteroatoms. The topological polar surface area (TPSA) is 101 Å². The summed E-state index contributed by atoms with van der Waals surface area (Å²) in [5, 5.41) is 2.67. The molecule has 0 saturated carbocycles. The summed E-state index contributed by atoms with van der Waals surface area (Å²) in [5.41, 5.74) is 0.203. The van der Waals surface area contributed by atoms with E-state index in [0.717, 1.165) is 12.8 Å². The minimum Gasteiger partial charge on any atom is -0.348 e. The van der Waals surface area contributed by atoms with Crippen LogP contribution in [0.25, 0.3) is 0 Å². The first-order valence-electron chi connectivity index (χ1n) is 8.23. The maximum Gasteiger partial charge on any atom is 0.251 e. The van der Waals surface area contributed by atoms with Crippen molar-refractivity contribution in [3.8, 4) is 0 Å². The van der Waals surface area contributed by atoms with Crippen LogP contribution in [0.1, 0.15) is 36.5 Å². The largest absolute Gasteiger partial charge is 0.348 e. The van der Waals surface area contributed by atoms with Crippen molar-refractivity contribution >= 4 is 25.8 Å². The summed E-state index contributed by atoms with van der Waals surface area (Å²) < 4.78 is 49.3. The second-order valence-corrected chi connectivity index (χ2v) is 10.6. The minimum atomic E-state index is -3.66. The Balaban J connectivity index is 2.14. The maximum absolute atomic E-state index is 12.6. The fourth-order valence-electron chi connectivity index (χ4n) is 2.66. The lowest BCUT2D eigenvalue weighted by atomic mass is 10.2. The molecule has 1 saturated heterocycles. The van der Waals surface area contributed by atoms with Gasteiger partial charge in [-0.15, -0.1) is 0 Å². The number of hydrogen-bond acceptors (Lipinski definition) is 5. The van der Waals surface area contributed by atoms with Crippen LogP contribution >= 0.6 is 0 Å². The third kappa shape index (κ3) is 5.02. The van der Waals surface area contributed by atoms with Crippen LogP contribution in [0.5, 0.6) is 0 Å². The molecule has 7 nitrogen and oxygen atoms in total. The Morgan fingerprint density at radius 2 is 2.08 bits per heavy atom.